The van der Waals surface area contributed by atoms with Gasteiger partial charge >= 0.3 is 0 Å². The van der Waals surface area contributed by atoms with Gasteiger partial charge in [-0.1, -0.05) is 11.6 Å². The SMILES string of the molecule is CN(C)CC1(O)CCC(Nc2cc(Cl)ncc2-c2ccn(C)n2)CC1. The summed E-state index contributed by atoms with van der Waals surface area (Å²) in [7, 11) is 5.90. The third kappa shape index (κ3) is 4.51. The molecule has 6 nitrogen and oxygen atoms in total. The predicted octanol–water partition coefficient (Wildman–Crippen LogP) is 2.78. The van der Waals surface area contributed by atoms with Gasteiger partial charge in [-0.3, -0.25) is 4.68 Å². The second-order valence-electron chi connectivity index (χ2n) is 7.31. The molecular formula is C18H26ClN5O. The summed E-state index contributed by atoms with van der Waals surface area (Å²) in [6, 6.07) is 4.13. The summed E-state index contributed by atoms with van der Waals surface area (Å²) in [5.41, 5.74) is 2.18. The molecule has 25 heavy (non-hydrogen) atoms. The topological polar surface area (TPSA) is 66.2 Å². The molecule has 7 heteroatoms. The summed E-state index contributed by atoms with van der Waals surface area (Å²) >= 11 is 6.11. The lowest BCUT2D eigenvalue weighted by Crippen LogP contribution is -2.45. The van der Waals surface area contributed by atoms with E-state index < -0.39 is 5.60 Å². The minimum Gasteiger partial charge on any atom is -0.389 e. The molecule has 2 aromatic rings. The molecule has 3 rings (SSSR count). The molecule has 1 fully saturated rings. The first kappa shape index (κ1) is 18.2. The van der Waals surface area contributed by atoms with Gasteiger partial charge in [-0.05, 0) is 51.9 Å². The number of pyridine rings is 1. The maximum atomic E-state index is 10.7. The minimum atomic E-state index is -0.582. The smallest absolute Gasteiger partial charge is 0.131 e. The number of halogens is 1. The van der Waals surface area contributed by atoms with Crippen LogP contribution in [0.15, 0.2) is 24.5 Å². The molecule has 2 aromatic heterocycles. The number of anilines is 1. The van der Waals surface area contributed by atoms with E-state index >= 15 is 0 Å². The fourth-order valence-corrected chi connectivity index (χ4v) is 3.74. The monoisotopic (exact) mass is 363 g/mol. The van der Waals surface area contributed by atoms with Crippen molar-refractivity contribution < 1.29 is 5.11 Å². The average molecular weight is 364 g/mol. The molecule has 0 amide bonds. The standard InChI is InChI=1S/C18H26ClN5O/c1-23(2)12-18(25)7-4-13(5-8-18)21-16-10-17(19)20-11-14(16)15-6-9-24(3)22-15/h6,9-11,13,25H,4-5,7-8,12H2,1-3H3,(H,20,21). The predicted molar refractivity (Wildman–Crippen MR) is 101 cm³/mol. The Morgan fingerprint density at radius 2 is 2.12 bits per heavy atom. The number of nitrogens with zero attached hydrogens (tertiary/aromatic N) is 4. The number of rotatable bonds is 5. The van der Waals surface area contributed by atoms with Gasteiger partial charge in [-0.2, -0.15) is 5.10 Å². The third-order valence-electron chi connectivity index (χ3n) is 4.75. The van der Waals surface area contributed by atoms with E-state index in [4.69, 9.17) is 11.6 Å². The van der Waals surface area contributed by atoms with Crippen LogP contribution in [-0.2, 0) is 7.05 Å². The zero-order chi connectivity index (χ0) is 18.0. The van der Waals surface area contributed by atoms with Gasteiger partial charge in [-0.25, -0.2) is 4.98 Å². The first-order valence-electron chi connectivity index (χ1n) is 8.64. The van der Waals surface area contributed by atoms with Gasteiger partial charge in [-0.15, -0.1) is 0 Å². The maximum absolute atomic E-state index is 10.7. The van der Waals surface area contributed by atoms with Crippen molar-refractivity contribution in [3.8, 4) is 11.3 Å². The summed E-state index contributed by atoms with van der Waals surface area (Å²) in [5, 5.41) is 19.2. The Hall–Kier alpha value is -1.63. The highest BCUT2D eigenvalue weighted by Gasteiger charge is 2.33. The lowest BCUT2D eigenvalue weighted by atomic mass is 9.81. The fraction of sp³-hybridized carbons (Fsp3) is 0.556. The van der Waals surface area contributed by atoms with Gasteiger partial charge in [0.25, 0.3) is 0 Å². The van der Waals surface area contributed by atoms with E-state index in [0.717, 1.165) is 42.6 Å². The number of aliphatic hydroxyl groups is 1. The molecule has 0 aromatic carbocycles. The van der Waals surface area contributed by atoms with E-state index in [1.54, 1.807) is 10.9 Å². The third-order valence-corrected chi connectivity index (χ3v) is 4.95. The van der Waals surface area contributed by atoms with Crippen molar-refractivity contribution in [1.82, 2.24) is 19.7 Å². The zero-order valence-electron chi connectivity index (χ0n) is 15.0. The Labute approximate surface area is 153 Å². The van der Waals surface area contributed by atoms with E-state index in [9.17, 15) is 5.11 Å². The van der Waals surface area contributed by atoms with Crippen molar-refractivity contribution in [2.75, 3.05) is 26.0 Å². The van der Waals surface area contributed by atoms with E-state index in [2.05, 4.69) is 20.3 Å². The molecule has 2 N–H and O–H groups in total. The molecule has 0 unspecified atom stereocenters. The summed E-state index contributed by atoms with van der Waals surface area (Å²) in [4.78, 5) is 6.26. The van der Waals surface area contributed by atoms with Gasteiger partial charge in [0.15, 0.2) is 0 Å². The van der Waals surface area contributed by atoms with Gasteiger partial charge in [0.2, 0.25) is 0 Å². The van der Waals surface area contributed by atoms with E-state index in [1.807, 2.05) is 39.5 Å². The highest BCUT2D eigenvalue weighted by Crippen LogP contribution is 2.34. The Morgan fingerprint density at radius 3 is 2.72 bits per heavy atom. The lowest BCUT2D eigenvalue weighted by Gasteiger charge is -2.38. The maximum Gasteiger partial charge on any atom is 0.131 e. The summed E-state index contributed by atoms with van der Waals surface area (Å²) in [6.45, 7) is 0.708. The molecule has 136 valence electrons. The van der Waals surface area contributed by atoms with Gasteiger partial charge in [0.1, 0.15) is 5.15 Å². The summed E-state index contributed by atoms with van der Waals surface area (Å²) in [5.74, 6) is 0. The van der Waals surface area contributed by atoms with Crippen molar-refractivity contribution in [2.45, 2.75) is 37.3 Å². The van der Waals surface area contributed by atoms with Crippen LogP contribution < -0.4 is 5.32 Å². The van der Waals surface area contributed by atoms with Crippen LogP contribution in [0, 0.1) is 0 Å². The Kier molecular flexibility index (Phi) is 5.32. The van der Waals surface area contributed by atoms with Crippen molar-refractivity contribution >= 4 is 17.3 Å². The van der Waals surface area contributed by atoms with Crippen LogP contribution in [0.5, 0.6) is 0 Å². The number of likely N-dealkylation sites (N-methyl/N-ethyl adjacent to an activating group) is 1. The highest BCUT2D eigenvalue weighted by molar-refractivity contribution is 6.29. The first-order chi connectivity index (χ1) is 11.8. The number of nitrogens with one attached hydrogen (secondary N) is 1. The molecule has 2 heterocycles. The summed E-state index contributed by atoms with van der Waals surface area (Å²) < 4.78 is 1.77. The highest BCUT2D eigenvalue weighted by atomic mass is 35.5. The zero-order valence-corrected chi connectivity index (χ0v) is 15.8. The second kappa shape index (κ2) is 7.32. The van der Waals surface area contributed by atoms with E-state index in [0.29, 0.717) is 17.7 Å². The molecular weight excluding hydrogens is 338 g/mol. The quantitative estimate of drug-likeness (QED) is 0.799. The number of hydrogen-bond acceptors (Lipinski definition) is 5. The van der Waals surface area contributed by atoms with Crippen LogP contribution in [0.25, 0.3) is 11.3 Å². The van der Waals surface area contributed by atoms with Gasteiger partial charge < -0.3 is 15.3 Å². The molecule has 1 aliphatic carbocycles. The van der Waals surface area contributed by atoms with Crippen molar-refractivity contribution in [1.29, 1.82) is 0 Å². The van der Waals surface area contributed by atoms with Gasteiger partial charge in [0.05, 0.1) is 11.3 Å². The average Bonchev–Trinajstić information content (AvgIpc) is 2.95. The molecule has 0 spiro atoms. The Bertz CT molecular complexity index is 722. The van der Waals surface area contributed by atoms with E-state index in [-0.39, 0.29) is 0 Å². The molecule has 0 aliphatic heterocycles. The second-order valence-corrected chi connectivity index (χ2v) is 7.70. The number of aromatic nitrogens is 3. The van der Waals surface area contributed by atoms with Crippen molar-refractivity contribution in [3.63, 3.8) is 0 Å². The van der Waals surface area contributed by atoms with Crippen LogP contribution in [0.4, 0.5) is 5.69 Å². The van der Waals surface area contributed by atoms with Crippen LogP contribution in [-0.4, -0.2) is 57.1 Å². The largest absolute Gasteiger partial charge is 0.389 e. The molecule has 0 radical (unpaired) electrons. The molecule has 1 saturated carbocycles. The molecule has 0 bridgehead atoms. The molecule has 0 saturated heterocycles. The van der Waals surface area contributed by atoms with Crippen molar-refractivity contribution in [2.24, 2.45) is 7.05 Å². The first-order valence-corrected chi connectivity index (χ1v) is 9.02. The van der Waals surface area contributed by atoms with Crippen LogP contribution in [0.1, 0.15) is 25.7 Å². The minimum absolute atomic E-state index is 0.309. The van der Waals surface area contributed by atoms with Crippen LogP contribution >= 0.6 is 11.6 Å². The Morgan fingerprint density at radius 1 is 1.40 bits per heavy atom. The van der Waals surface area contributed by atoms with Crippen LogP contribution in [0.3, 0.4) is 0 Å². The fourth-order valence-electron chi connectivity index (χ4n) is 3.58. The number of aryl methyl sites for hydroxylation is 1. The van der Waals surface area contributed by atoms with Crippen molar-refractivity contribution in [3.05, 3.63) is 29.7 Å². The Balaban J connectivity index is 1.72. The molecule has 1 aliphatic rings. The van der Waals surface area contributed by atoms with Crippen LogP contribution in [0.2, 0.25) is 5.15 Å². The normalized spacial score (nSPS) is 23.8. The van der Waals surface area contributed by atoms with E-state index in [1.165, 1.54) is 0 Å². The lowest BCUT2D eigenvalue weighted by molar-refractivity contribution is -0.0183. The van der Waals surface area contributed by atoms with Gasteiger partial charge in [0, 0.05) is 43.3 Å². The number of hydrogen-bond donors (Lipinski definition) is 2. The summed E-state index contributed by atoms with van der Waals surface area (Å²) in [6.07, 6.45) is 7.10. The molecule has 0 atom stereocenters.